The van der Waals surface area contributed by atoms with Crippen molar-refractivity contribution in [2.75, 3.05) is 31.5 Å². The van der Waals surface area contributed by atoms with Crippen molar-refractivity contribution in [3.8, 4) is 5.88 Å². The first kappa shape index (κ1) is 15.6. The van der Waals surface area contributed by atoms with Gasteiger partial charge >= 0.3 is 12.1 Å². The topological polar surface area (TPSA) is 59.4 Å². The van der Waals surface area contributed by atoms with Crippen LogP contribution in [0.2, 0.25) is 0 Å². The van der Waals surface area contributed by atoms with Crippen LogP contribution in [0.5, 0.6) is 5.88 Å². The highest BCUT2D eigenvalue weighted by atomic mass is 19.4. The van der Waals surface area contributed by atoms with Crippen molar-refractivity contribution in [1.29, 1.82) is 0 Å². The van der Waals surface area contributed by atoms with Crippen LogP contribution in [0, 0.1) is 5.92 Å². The van der Waals surface area contributed by atoms with E-state index < -0.39 is 12.1 Å². The molecule has 0 unspecified atom stereocenters. The molecule has 9 heteroatoms. The van der Waals surface area contributed by atoms with E-state index in [2.05, 4.69) is 27.0 Å². The standard InChI is InChI=1S/C12H17F3N4O2/c1-8-5-19(6-8)4-3-16-9-7-18(2)17-10(9)21-11(20)12(13,14)15/h7-8,16H,3-6H2,1-2H3. The van der Waals surface area contributed by atoms with Crippen LogP contribution >= 0.6 is 0 Å². The fourth-order valence-electron chi connectivity index (χ4n) is 2.17. The van der Waals surface area contributed by atoms with Crippen LogP contribution in [-0.4, -0.2) is 53.0 Å². The lowest BCUT2D eigenvalue weighted by Gasteiger charge is -2.37. The highest BCUT2D eigenvalue weighted by Gasteiger charge is 2.42. The number of hydrogen-bond acceptors (Lipinski definition) is 5. The van der Waals surface area contributed by atoms with Gasteiger partial charge in [0.2, 0.25) is 0 Å². The van der Waals surface area contributed by atoms with E-state index in [0.29, 0.717) is 12.5 Å². The number of carbonyl (C=O) groups is 1. The van der Waals surface area contributed by atoms with Crippen LogP contribution in [-0.2, 0) is 11.8 Å². The van der Waals surface area contributed by atoms with Gasteiger partial charge in [0.1, 0.15) is 5.69 Å². The van der Waals surface area contributed by atoms with Crippen LogP contribution < -0.4 is 10.1 Å². The number of hydrogen-bond donors (Lipinski definition) is 1. The molecule has 0 radical (unpaired) electrons. The van der Waals surface area contributed by atoms with Gasteiger partial charge in [0, 0.05) is 33.2 Å². The van der Waals surface area contributed by atoms with Crippen LogP contribution in [0.4, 0.5) is 18.9 Å². The minimum atomic E-state index is -5.04. The monoisotopic (exact) mass is 306 g/mol. The number of aryl methyl sites for hydroxylation is 1. The Morgan fingerprint density at radius 1 is 1.52 bits per heavy atom. The number of likely N-dealkylation sites (tertiary alicyclic amines) is 1. The van der Waals surface area contributed by atoms with Gasteiger partial charge < -0.3 is 15.0 Å². The molecule has 6 nitrogen and oxygen atoms in total. The van der Waals surface area contributed by atoms with E-state index in [9.17, 15) is 18.0 Å². The Morgan fingerprint density at radius 2 is 2.19 bits per heavy atom. The fraction of sp³-hybridized carbons (Fsp3) is 0.667. The summed E-state index contributed by atoms with van der Waals surface area (Å²) in [5.74, 6) is -1.95. The molecule has 0 amide bonds. The second kappa shape index (κ2) is 5.92. The molecule has 2 rings (SSSR count). The van der Waals surface area contributed by atoms with E-state index in [0.717, 1.165) is 19.6 Å². The average molecular weight is 306 g/mol. The van der Waals surface area contributed by atoms with Gasteiger partial charge in [-0.3, -0.25) is 4.68 Å². The quantitative estimate of drug-likeness (QED) is 0.830. The zero-order valence-corrected chi connectivity index (χ0v) is 11.8. The molecular formula is C12H17F3N4O2. The van der Waals surface area contributed by atoms with Gasteiger partial charge in [0.05, 0.1) is 6.20 Å². The third-order valence-corrected chi connectivity index (χ3v) is 3.10. The van der Waals surface area contributed by atoms with E-state index in [1.165, 1.54) is 17.9 Å². The predicted molar refractivity (Wildman–Crippen MR) is 69.0 cm³/mol. The first-order valence-corrected chi connectivity index (χ1v) is 6.54. The Bertz CT molecular complexity index is 509. The number of rotatable bonds is 5. The predicted octanol–water partition coefficient (Wildman–Crippen LogP) is 1.25. The highest BCUT2D eigenvalue weighted by molar-refractivity contribution is 5.79. The van der Waals surface area contributed by atoms with Gasteiger partial charge in [-0.25, -0.2) is 4.79 Å². The summed E-state index contributed by atoms with van der Waals surface area (Å²) in [4.78, 5) is 13.1. The third kappa shape index (κ3) is 4.10. The Balaban J connectivity index is 1.89. The Labute approximate surface area is 119 Å². The Hall–Kier alpha value is -1.77. The van der Waals surface area contributed by atoms with Gasteiger partial charge in [-0.2, -0.15) is 13.2 Å². The SMILES string of the molecule is CC1CN(CCNc2cn(C)nc2OC(=O)C(F)(F)F)C1. The van der Waals surface area contributed by atoms with Crippen LogP contribution in [0.3, 0.4) is 0 Å². The number of aromatic nitrogens is 2. The molecule has 1 aromatic rings. The van der Waals surface area contributed by atoms with Crippen LogP contribution in [0.1, 0.15) is 6.92 Å². The molecule has 118 valence electrons. The lowest BCUT2D eigenvalue weighted by atomic mass is 10.0. The van der Waals surface area contributed by atoms with Gasteiger partial charge in [-0.05, 0) is 5.92 Å². The van der Waals surface area contributed by atoms with Crippen molar-refractivity contribution in [3.63, 3.8) is 0 Å². The molecule has 2 heterocycles. The Morgan fingerprint density at radius 3 is 2.76 bits per heavy atom. The first-order chi connectivity index (χ1) is 9.75. The van der Waals surface area contributed by atoms with E-state index in [-0.39, 0.29) is 11.6 Å². The van der Waals surface area contributed by atoms with Crippen molar-refractivity contribution in [3.05, 3.63) is 6.20 Å². The largest absolute Gasteiger partial charge is 0.491 e. The summed E-state index contributed by atoms with van der Waals surface area (Å²) in [5.41, 5.74) is 0.267. The number of alkyl halides is 3. The lowest BCUT2D eigenvalue weighted by Crippen LogP contribution is -2.46. The second-order valence-corrected chi connectivity index (χ2v) is 5.20. The van der Waals surface area contributed by atoms with Crippen molar-refractivity contribution in [2.45, 2.75) is 13.1 Å². The molecule has 1 aromatic heterocycles. The van der Waals surface area contributed by atoms with Crippen molar-refractivity contribution in [1.82, 2.24) is 14.7 Å². The Kier molecular flexibility index (Phi) is 4.40. The van der Waals surface area contributed by atoms with Crippen LogP contribution in [0.15, 0.2) is 6.20 Å². The molecule has 0 spiro atoms. The number of nitrogens with one attached hydrogen (secondary N) is 1. The molecular weight excluding hydrogens is 289 g/mol. The zero-order valence-electron chi connectivity index (χ0n) is 11.8. The second-order valence-electron chi connectivity index (χ2n) is 5.20. The summed E-state index contributed by atoms with van der Waals surface area (Å²) in [6.07, 6.45) is -3.57. The summed E-state index contributed by atoms with van der Waals surface area (Å²) in [6, 6.07) is 0. The normalized spacial score (nSPS) is 16.6. The molecule has 1 N–H and O–H groups in total. The number of carbonyl (C=O) groups excluding carboxylic acids is 1. The molecule has 0 aromatic carbocycles. The summed E-state index contributed by atoms with van der Waals surface area (Å²) in [7, 11) is 1.53. The molecule has 1 saturated heterocycles. The summed E-state index contributed by atoms with van der Waals surface area (Å²) in [5, 5.41) is 6.64. The van der Waals surface area contributed by atoms with E-state index in [1.54, 1.807) is 0 Å². The van der Waals surface area contributed by atoms with E-state index >= 15 is 0 Å². The maximum atomic E-state index is 12.2. The van der Waals surface area contributed by atoms with Gasteiger partial charge in [-0.1, -0.05) is 6.92 Å². The zero-order chi connectivity index (χ0) is 15.6. The van der Waals surface area contributed by atoms with Crippen molar-refractivity contribution in [2.24, 2.45) is 13.0 Å². The molecule has 0 aliphatic carbocycles. The highest BCUT2D eigenvalue weighted by Crippen LogP contribution is 2.25. The minimum Gasteiger partial charge on any atom is -0.397 e. The molecule has 21 heavy (non-hydrogen) atoms. The summed E-state index contributed by atoms with van der Waals surface area (Å²) >= 11 is 0. The third-order valence-electron chi connectivity index (χ3n) is 3.10. The summed E-state index contributed by atoms with van der Waals surface area (Å²) in [6.45, 7) is 5.50. The average Bonchev–Trinajstić information content (AvgIpc) is 2.66. The fourth-order valence-corrected chi connectivity index (χ4v) is 2.17. The van der Waals surface area contributed by atoms with Crippen LogP contribution in [0.25, 0.3) is 0 Å². The summed E-state index contributed by atoms with van der Waals surface area (Å²) < 4.78 is 42.1. The number of esters is 1. The van der Waals surface area contributed by atoms with Crippen molar-refractivity contribution >= 4 is 11.7 Å². The molecule has 0 bridgehead atoms. The molecule has 1 aliphatic rings. The number of halogens is 3. The smallest absolute Gasteiger partial charge is 0.397 e. The molecule has 0 saturated carbocycles. The minimum absolute atomic E-state index is 0.267. The maximum Gasteiger partial charge on any atom is 0.491 e. The van der Waals surface area contributed by atoms with Gasteiger partial charge in [0.15, 0.2) is 0 Å². The first-order valence-electron chi connectivity index (χ1n) is 6.54. The van der Waals surface area contributed by atoms with E-state index in [1.807, 2.05) is 0 Å². The van der Waals surface area contributed by atoms with E-state index in [4.69, 9.17) is 0 Å². The van der Waals surface area contributed by atoms with Crippen molar-refractivity contribution < 1.29 is 22.7 Å². The molecule has 1 fully saturated rings. The lowest BCUT2D eigenvalue weighted by molar-refractivity contribution is -0.189. The van der Waals surface area contributed by atoms with Gasteiger partial charge in [-0.15, -0.1) is 5.10 Å². The van der Waals surface area contributed by atoms with Gasteiger partial charge in [0.25, 0.3) is 5.88 Å². The number of ether oxygens (including phenoxy) is 1. The molecule has 1 aliphatic heterocycles. The number of anilines is 1. The molecule has 0 atom stereocenters. The number of nitrogens with zero attached hydrogens (tertiary/aromatic N) is 3. The maximum absolute atomic E-state index is 12.2.